The van der Waals surface area contributed by atoms with Crippen molar-refractivity contribution < 1.29 is 23.6 Å². The molecule has 2 unspecified atom stereocenters. The zero-order chi connectivity index (χ0) is 17.6. The van der Waals surface area contributed by atoms with Crippen LogP contribution in [-0.4, -0.2) is 42.0 Å². The van der Waals surface area contributed by atoms with Crippen LogP contribution in [0.3, 0.4) is 0 Å². The third-order valence-corrected chi connectivity index (χ3v) is 4.67. The number of rotatable bonds is 4. The Hall–Kier alpha value is -2.10. The second kappa shape index (κ2) is 6.01. The maximum absolute atomic E-state index is 10.8. The molecule has 0 radical (unpaired) electrons. The molecule has 0 saturated carbocycles. The summed E-state index contributed by atoms with van der Waals surface area (Å²) in [4.78, 5) is 30.2. The normalized spacial score (nSPS) is 21.4. The van der Waals surface area contributed by atoms with Crippen molar-refractivity contribution in [1.82, 2.24) is 19.5 Å². The van der Waals surface area contributed by atoms with Crippen LogP contribution in [-0.2, 0) is 13.8 Å². The highest BCUT2D eigenvalue weighted by atomic mass is 31.2. The molecule has 1 aliphatic heterocycles. The standard InChI is InChI=1S/C14H16N5O5P/c15-14-9-3-11-12(4-10(9)16-6-17-14)19(7-18-11)13-2-1-8(24-13)5-23-25(20,21)22/h3-4,6-8,13H,1-2,5H2,(H2,15,16,17)(H2,20,21,22). The van der Waals surface area contributed by atoms with Gasteiger partial charge in [-0.15, -0.1) is 0 Å². The highest BCUT2D eigenvalue weighted by Gasteiger charge is 2.29. The van der Waals surface area contributed by atoms with Gasteiger partial charge in [-0.1, -0.05) is 0 Å². The number of phosphoric ester groups is 1. The Morgan fingerprint density at radius 2 is 2.12 bits per heavy atom. The van der Waals surface area contributed by atoms with Crippen molar-refractivity contribution in [3.05, 3.63) is 24.8 Å². The number of hydrogen-bond donors (Lipinski definition) is 3. The second-order valence-electron chi connectivity index (χ2n) is 5.85. The molecule has 1 fully saturated rings. The first-order valence-corrected chi connectivity index (χ1v) is 9.16. The van der Waals surface area contributed by atoms with E-state index in [1.165, 1.54) is 6.33 Å². The molecule has 2 atom stereocenters. The first-order valence-electron chi connectivity index (χ1n) is 7.63. The fourth-order valence-electron chi connectivity index (χ4n) is 3.02. The Bertz CT molecular complexity index is 986. The molecule has 0 aliphatic carbocycles. The van der Waals surface area contributed by atoms with Crippen molar-refractivity contribution in [3.8, 4) is 0 Å². The van der Waals surface area contributed by atoms with Crippen LogP contribution < -0.4 is 5.73 Å². The molecule has 1 aromatic carbocycles. The summed E-state index contributed by atoms with van der Waals surface area (Å²) in [5.74, 6) is 0.396. The van der Waals surface area contributed by atoms with Crippen molar-refractivity contribution >= 4 is 35.6 Å². The Labute approximate surface area is 141 Å². The van der Waals surface area contributed by atoms with Gasteiger partial charge in [-0.3, -0.25) is 4.52 Å². The summed E-state index contributed by atoms with van der Waals surface area (Å²) in [6.07, 6.45) is 3.73. The number of aromatic nitrogens is 4. The predicted octanol–water partition coefficient (Wildman–Crippen LogP) is 1.35. The molecule has 4 N–H and O–H groups in total. The van der Waals surface area contributed by atoms with E-state index in [0.29, 0.717) is 24.2 Å². The lowest BCUT2D eigenvalue weighted by Crippen LogP contribution is -2.15. The molecular formula is C14H16N5O5P. The van der Waals surface area contributed by atoms with Gasteiger partial charge in [0.15, 0.2) is 0 Å². The molecule has 10 nitrogen and oxygen atoms in total. The lowest BCUT2D eigenvalue weighted by molar-refractivity contribution is -0.0203. The van der Waals surface area contributed by atoms with Crippen molar-refractivity contribution in [2.24, 2.45) is 0 Å². The van der Waals surface area contributed by atoms with Crippen molar-refractivity contribution in [1.29, 1.82) is 0 Å². The van der Waals surface area contributed by atoms with E-state index in [-0.39, 0.29) is 18.9 Å². The largest absolute Gasteiger partial charge is 0.469 e. The smallest absolute Gasteiger partial charge is 0.383 e. The number of anilines is 1. The van der Waals surface area contributed by atoms with Gasteiger partial charge in [0.05, 0.1) is 35.6 Å². The van der Waals surface area contributed by atoms with Crippen LogP contribution in [0.15, 0.2) is 24.8 Å². The molecule has 3 aromatic rings. The molecule has 25 heavy (non-hydrogen) atoms. The zero-order valence-corrected chi connectivity index (χ0v) is 13.9. The van der Waals surface area contributed by atoms with E-state index in [4.69, 9.17) is 20.3 Å². The van der Waals surface area contributed by atoms with Gasteiger partial charge in [-0.2, -0.15) is 0 Å². The summed E-state index contributed by atoms with van der Waals surface area (Å²) < 4.78 is 23.0. The fraction of sp³-hybridized carbons (Fsp3) is 0.357. The average Bonchev–Trinajstić information content (AvgIpc) is 3.17. The number of imidazole rings is 1. The predicted molar refractivity (Wildman–Crippen MR) is 88.4 cm³/mol. The van der Waals surface area contributed by atoms with Gasteiger partial charge >= 0.3 is 7.82 Å². The molecule has 132 valence electrons. The van der Waals surface area contributed by atoms with E-state index in [9.17, 15) is 4.57 Å². The zero-order valence-electron chi connectivity index (χ0n) is 13.0. The number of phosphoric acid groups is 1. The molecule has 1 saturated heterocycles. The summed E-state index contributed by atoms with van der Waals surface area (Å²) in [5, 5.41) is 0.737. The summed E-state index contributed by atoms with van der Waals surface area (Å²) in [5.41, 5.74) is 8.17. The fourth-order valence-corrected chi connectivity index (χ4v) is 3.38. The monoisotopic (exact) mass is 365 g/mol. The van der Waals surface area contributed by atoms with Crippen molar-refractivity contribution in [2.75, 3.05) is 12.3 Å². The molecule has 0 amide bonds. The quantitative estimate of drug-likeness (QED) is 0.583. The summed E-state index contributed by atoms with van der Waals surface area (Å²) in [7, 11) is -4.49. The SMILES string of the molecule is Nc1ncnc2cc3c(cc12)ncn3C1CCC(COP(=O)(O)O)O1. The maximum Gasteiger partial charge on any atom is 0.469 e. The Morgan fingerprint density at radius 1 is 1.28 bits per heavy atom. The summed E-state index contributed by atoms with van der Waals surface area (Å²) in [6.45, 7) is -0.153. The molecule has 2 aromatic heterocycles. The van der Waals surface area contributed by atoms with E-state index < -0.39 is 7.82 Å². The van der Waals surface area contributed by atoms with Gasteiger partial charge in [-0.05, 0) is 25.0 Å². The first kappa shape index (κ1) is 16.4. The molecule has 0 bridgehead atoms. The number of nitrogens with two attached hydrogens (primary N) is 1. The minimum absolute atomic E-state index is 0.153. The van der Waals surface area contributed by atoms with Crippen LogP contribution in [0, 0.1) is 0 Å². The molecule has 3 heterocycles. The van der Waals surface area contributed by atoms with Crippen LogP contribution in [0.1, 0.15) is 19.1 Å². The lowest BCUT2D eigenvalue weighted by atomic mass is 10.2. The first-order chi connectivity index (χ1) is 11.9. The van der Waals surface area contributed by atoms with Crippen molar-refractivity contribution in [2.45, 2.75) is 25.2 Å². The summed E-state index contributed by atoms with van der Waals surface area (Å²) >= 11 is 0. The van der Waals surface area contributed by atoms with Gasteiger partial charge in [0, 0.05) is 5.39 Å². The molecule has 1 aliphatic rings. The van der Waals surface area contributed by atoms with Crippen LogP contribution in [0.4, 0.5) is 5.82 Å². The number of benzene rings is 1. The number of fused-ring (bicyclic) bond motifs is 2. The molecule has 4 rings (SSSR count). The Kier molecular flexibility index (Phi) is 3.94. The second-order valence-corrected chi connectivity index (χ2v) is 7.08. The highest BCUT2D eigenvalue weighted by molar-refractivity contribution is 7.46. The van der Waals surface area contributed by atoms with E-state index in [0.717, 1.165) is 16.4 Å². The van der Waals surface area contributed by atoms with Crippen molar-refractivity contribution in [3.63, 3.8) is 0 Å². The van der Waals surface area contributed by atoms with Gasteiger partial charge < -0.3 is 24.8 Å². The van der Waals surface area contributed by atoms with E-state index in [1.807, 2.05) is 16.7 Å². The van der Waals surface area contributed by atoms with Crippen LogP contribution in [0.5, 0.6) is 0 Å². The Balaban J connectivity index is 1.61. The number of ether oxygens (including phenoxy) is 1. The Morgan fingerprint density at radius 3 is 2.92 bits per heavy atom. The summed E-state index contributed by atoms with van der Waals surface area (Å²) in [6, 6.07) is 3.71. The van der Waals surface area contributed by atoms with Gasteiger partial charge in [0.25, 0.3) is 0 Å². The van der Waals surface area contributed by atoms with Gasteiger partial charge in [0.1, 0.15) is 18.4 Å². The number of hydrogen-bond acceptors (Lipinski definition) is 7. The molecule has 11 heteroatoms. The molecule has 0 spiro atoms. The van der Waals surface area contributed by atoms with E-state index >= 15 is 0 Å². The number of nitrogen functional groups attached to an aromatic ring is 1. The van der Waals surface area contributed by atoms with Gasteiger partial charge in [-0.25, -0.2) is 19.5 Å². The van der Waals surface area contributed by atoms with Crippen LogP contribution in [0.2, 0.25) is 0 Å². The van der Waals surface area contributed by atoms with Gasteiger partial charge in [0.2, 0.25) is 0 Å². The third-order valence-electron chi connectivity index (χ3n) is 4.19. The van der Waals surface area contributed by atoms with Crippen LogP contribution >= 0.6 is 7.82 Å². The minimum Gasteiger partial charge on any atom is -0.383 e. The van der Waals surface area contributed by atoms with E-state index in [2.05, 4.69) is 19.5 Å². The number of nitrogens with zero attached hydrogens (tertiary/aromatic N) is 4. The van der Waals surface area contributed by atoms with Crippen LogP contribution in [0.25, 0.3) is 21.9 Å². The maximum atomic E-state index is 10.8. The minimum atomic E-state index is -4.49. The molecular weight excluding hydrogens is 349 g/mol. The lowest BCUT2D eigenvalue weighted by Gasteiger charge is -2.16. The highest BCUT2D eigenvalue weighted by Crippen LogP contribution is 2.38. The topological polar surface area (TPSA) is 146 Å². The third kappa shape index (κ3) is 3.22. The van der Waals surface area contributed by atoms with E-state index in [1.54, 1.807) is 6.33 Å². The average molecular weight is 365 g/mol.